The molecule has 0 aromatic carbocycles. The number of rotatable bonds is 5. The number of alkyl halides is 2. The predicted octanol–water partition coefficient (Wildman–Crippen LogP) is 1.51. The van der Waals surface area contributed by atoms with Crippen LogP contribution in [-0.4, -0.2) is 49.0 Å². The van der Waals surface area contributed by atoms with Crippen molar-refractivity contribution in [3.05, 3.63) is 24.0 Å². The summed E-state index contributed by atoms with van der Waals surface area (Å²) in [6, 6.07) is 1.75. The minimum Gasteiger partial charge on any atom is -0.486 e. The molecule has 1 aliphatic heterocycles. The average molecular weight is 284 g/mol. The maximum absolute atomic E-state index is 12.2. The molecule has 1 aliphatic rings. The third-order valence-electron chi connectivity index (χ3n) is 2.95. The third kappa shape index (κ3) is 4.04. The summed E-state index contributed by atoms with van der Waals surface area (Å²) in [5, 5.41) is 3.20. The molecule has 1 aromatic heterocycles. The monoisotopic (exact) mass is 284 g/mol. The SMILES string of the molecule is CN1CCCN=C1NCc1ccncc1OCC(F)F. The molecule has 0 amide bonds. The van der Waals surface area contributed by atoms with E-state index in [1.807, 2.05) is 11.9 Å². The normalized spacial score (nSPS) is 15.2. The van der Waals surface area contributed by atoms with Crippen molar-refractivity contribution in [2.75, 3.05) is 26.7 Å². The topological polar surface area (TPSA) is 49.8 Å². The Morgan fingerprint density at radius 2 is 2.35 bits per heavy atom. The van der Waals surface area contributed by atoms with Crippen molar-refractivity contribution in [3.63, 3.8) is 0 Å². The summed E-state index contributed by atoms with van der Waals surface area (Å²) in [6.07, 6.45) is 1.61. The number of hydrogen-bond donors (Lipinski definition) is 1. The molecule has 0 spiro atoms. The number of guanidine groups is 1. The average Bonchev–Trinajstić information content (AvgIpc) is 2.45. The number of nitrogens with one attached hydrogen (secondary N) is 1. The molecule has 5 nitrogen and oxygen atoms in total. The molecule has 2 rings (SSSR count). The molecule has 1 aromatic rings. The van der Waals surface area contributed by atoms with Gasteiger partial charge in [-0.15, -0.1) is 0 Å². The molecule has 110 valence electrons. The van der Waals surface area contributed by atoms with Gasteiger partial charge in [0.1, 0.15) is 12.4 Å². The van der Waals surface area contributed by atoms with Gasteiger partial charge in [0.05, 0.1) is 6.20 Å². The minimum atomic E-state index is -2.50. The number of nitrogens with zero attached hydrogens (tertiary/aromatic N) is 3. The highest BCUT2D eigenvalue weighted by atomic mass is 19.3. The molecular formula is C13H18F2N4O. The van der Waals surface area contributed by atoms with Gasteiger partial charge >= 0.3 is 0 Å². The van der Waals surface area contributed by atoms with Gasteiger partial charge in [-0.05, 0) is 12.5 Å². The summed E-state index contributed by atoms with van der Waals surface area (Å²) < 4.78 is 29.4. The van der Waals surface area contributed by atoms with E-state index in [1.165, 1.54) is 6.20 Å². The summed E-state index contributed by atoms with van der Waals surface area (Å²) in [7, 11) is 1.96. The first-order valence-corrected chi connectivity index (χ1v) is 6.50. The van der Waals surface area contributed by atoms with Gasteiger partial charge in [0.15, 0.2) is 5.96 Å². The van der Waals surface area contributed by atoms with Crippen LogP contribution in [0.4, 0.5) is 8.78 Å². The summed E-state index contributed by atoms with van der Waals surface area (Å²) in [6.45, 7) is 1.60. The number of hydrogen-bond acceptors (Lipinski definition) is 5. The zero-order valence-corrected chi connectivity index (χ0v) is 11.4. The highest BCUT2D eigenvalue weighted by Crippen LogP contribution is 2.17. The maximum Gasteiger partial charge on any atom is 0.272 e. The molecule has 0 atom stereocenters. The smallest absolute Gasteiger partial charge is 0.272 e. The van der Waals surface area contributed by atoms with Crippen LogP contribution in [0.15, 0.2) is 23.5 Å². The number of halogens is 2. The van der Waals surface area contributed by atoms with Gasteiger partial charge in [-0.1, -0.05) is 0 Å². The van der Waals surface area contributed by atoms with E-state index < -0.39 is 13.0 Å². The van der Waals surface area contributed by atoms with Crippen LogP contribution in [0.25, 0.3) is 0 Å². The van der Waals surface area contributed by atoms with Crippen molar-refractivity contribution >= 4 is 5.96 Å². The van der Waals surface area contributed by atoms with E-state index in [4.69, 9.17) is 4.74 Å². The van der Waals surface area contributed by atoms with Crippen molar-refractivity contribution in [3.8, 4) is 5.75 Å². The van der Waals surface area contributed by atoms with Crippen LogP contribution >= 0.6 is 0 Å². The first-order valence-electron chi connectivity index (χ1n) is 6.50. The molecule has 0 radical (unpaired) electrons. The van der Waals surface area contributed by atoms with Gasteiger partial charge in [0.25, 0.3) is 6.43 Å². The fourth-order valence-electron chi connectivity index (χ4n) is 1.92. The van der Waals surface area contributed by atoms with Crippen molar-refractivity contribution in [2.45, 2.75) is 19.4 Å². The van der Waals surface area contributed by atoms with E-state index in [1.54, 1.807) is 12.3 Å². The van der Waals surface area contributed by atoms with Gasteiger partial charge in [0.2, 0.25) is 0 Å². The van der Waals surface area contributed by atoms with Gasteiger partial charge in [-0.2, -0.15) is 0 Å². The van der Waals surface area contributed by atoms with E-state index >= 15 is 0 Å². The molecule has 20 heavy (non-hydrogen) atoms. The van der Waals surface area contributed by atoms with Crippen molar-refractivity contribution in [2.24, 2.45) is 4.99 Å². The van der Waals surface area contributed by atoms with Crippen LogP contribution in [0.3, 0.4) is 0 Å². The standard InChI is InChI=1S/C13H18F2N4O/c1-19-6-2-4-17-13(19)18-7-10-3-5-16-8-11(10)20-9-12(14)15/h3,5,8,12H,2,4,6-7,9H2,1H3,(H,17,18). The van der Waals surface area contributed by atoms with Crippen LogP contribution in [0, 0.1) is 0 Å². The van der Waals surface area contributed by atoms with Crippen LogP contribution in [0.2, 0.25) is 0 Å². The Labute approximate surface area is 116 Å². The molecule has 0 fully saturated rings. The van der Waals surface area contributed by atoms with Crippen LogP contribution < -0.4 is 10.1 Å². The molecule has 0 saturated heterocycles. The van der Waals surface area contributed by atoms with Gasteiger partial charge in [0, 0.05) is 38.4 Å². The Kier molecular flexibility index (Phi) is 5.09. The highest BCUT2D eigenvalue weighted by molar-refractivity contribution is 5.80. The minimum absolute atomic E-state index is 0.374. The number of aromatic nitrogens is 1. The largest absolute Gasteiger partial charge is 0.486 e. The Bertz CT molecular complexity index is 467. The number of pyridine rings is 1. The van der Waals surface area contributed by atoms with Crippen LogP contribution in [0.5, 0.6) is 5.75 Å². The summed E-state index contributed by atoms with van der Waals surface area (Å²) >= 11 is 0. The molecule has 0 saturated carbocycles. The lowest BCUT2D eigenvalue weighted by Crippen LogP contribution is -2.41. The van der Waals surface area contributed by atoms with Crippen molar-refractivity contribution in [1.29, 1.82) is 0 Å². The second-order valence-corrected chi connectivity index (χ2v) is 4.52. The third-order valence-corrected chi connectivity index (χ3v) is 2.95. The van der Waals surface area contributed by atoms with Crippen molar-refractivity contribution < 1.29 is 13.5 Å². The zero-order valence-electron chi connectivity index (χ0n) is 11.4. The first-order chi connectivity index (χ1) is 9.66. The second kappa shape index (κ2) is 7.02. The van der Waals surface area contributed by atoms with Crippen molar-refractivity contribution in [1.82, 2.24) is 15.2 Å². The number of ether oxygens (including phenoxy) is 1. The molecule has 2 heterocycles. The summed E-state index contributed by atoms with van der Waals surface area (Å²) in [4.78, 5) is 10.3. The summed E-state index contributed by atoms with van der Waals surface area (Å²) in [5.74, 6) is 1.19. The number of aliphatic imine (C=N–C) groups is 1. The Balaban J connectivity index is 1.96. The maximum atomic E-state index is 12.2. The fraction of sp³-hybridized carbons (Fsp3) is 0.538. The fourth-order valence-corrected chi connectivity index (χ4v) is 1.92. The lowest BCUT2D eigenvalue weighted by atomic mass is 10.2. The molecule has 0 unspecified atom stereocenters. The molecular weight excluding hydrogens is 266 g/mol. The highest BCUT2D eigenvalue weighted by Gasteiger charge is 2.12. The molecule has 7 heteroatoms. The Morgan fingerprint density at radius 3 is 3.10 bits per heavy atom. The van der Waals surface area contributed by atoms with E-state index in [0.717, 1.165) is 31.0 Å². The van der Waals surface area contributed by atoms with Crippen LogP contribution in [-0.2, 0) is 6.54 Å². The summed E-state index contributed by atoms with van der Waals surface area (Å²) in [5.41, 5.74) is 0.780. The van der Waals surface area contributed by atoms with Gasteiger partial charge < -0.3 is 15.0 Å². The molecule has 1 N–H and O–H groups in total. The predicted molar refractivity (Wildman–Crippen MR) is 72.1 cm³/mol. The van der Waals surface area contributed by atoms with E-state index in [-0.39, 0.29) is 0 Å². The lowest BCUT2D eigenvalue weighted by molar-refractivity contribution is 0.0812. The lowest BCUT2D eigenvalue weighted by Gasteiger charge is -2.25. The quantitative estimate of drug-likeness (QED) is 0.890. The van der Waals surface area contributed by atoms with E-state index in [2.05, 4.69) is 15.3 Å². The van der Waals surface area contributed by atoms with E-state index in [0.29, 0.717) is 12.3 Å². The second-order valence-electron chi connectivity index (χ2n) is 4.52. The van der Waals surface area contributed by atoms with Crippen LogP contribution in [0.1, 0.15) is 12.0 Å². The van der Waals surface area contributed by atoms with E-state index in [9.17, 15) is 8.78 Å². The zero-order chi connectivity index (χ0) is 14.4. The van der Waals surface area contributed by atoms with Gasteiger partial charge in [-0.25, -0.2) is 8.78 Å². The Hall–Kier alpha value is -1.92. The molecule has 0 aliphatic carbocycles. The van der Waals surface area contributed by atoms with Gasteiger partial charge in [-0.3, -0.25) is 9.98 Å². The first kappa shape index (κ1) is 14.5. The Morgan fingerprint density at radius 1 is 1.50 bits per heavy atom. The molecule has 0 bridgehead atoms.